The van der Waals surface area contributed by atoms with Crippen molar-refractivity contribution < 1.29 is 37.5 Å². The van der Waals surface area contributed by atoms with E-state index in [0.29, 0.717) is 73.9 Å². The van der Waals surface area contributed by atoms with Gasteiger partial charge in [-0.1, -0.05) is 37.5 Å². The van der Waals surface area contributed by atoms with Gasteiger partial charge in [-0.3, -0.25) is 34.4 Å². The number of aromatic amines is 1. The number of hydrogen-bond acceptors (Lipinski definition) is 10. The average Bonchev–Trinajstić information content (AvgIpc) is 3.65. The number of anilines is 3. The smallest absolute Gasteiger partial charge is 0.298 e. The van der Waals surface area contributed by atoms with E-state index in [1.807, 2.05) is 35.2 Å². The fourth-order valence-corrected chi connectivity index (χ4v) is 7.93. The number of piperazine rings is 1. The van der Waals surface area contributed by atoms with Crippen molar-refractivity contribution in [1.82, 2.24) is 25.7 Å². The zero-order valence-corrected chi connectivity index (χ0v) is 34.3. The van der Waals surface area contributed by atoms with Crippen molar-refractivity contribution in [2.75, 3.05) is 48.3 Å². The van der Waals surface area contributed by atoms with E-state index in [-0.39, 0.29) is 41.3 Å². The number of carbonyl (C=O) groups excluding carboxylic acids is 5. The Kier molecular flexibility index (Phi) is 14.5. The lowest BCUT2D eigenvalue weighted by molar-refractivity contribution is -0.134. The Hall–Kier alpha value is -6.68. The van der Waals surface area contributed by atoms with Crippen LogP contribution in [0.3, 0.4) is 0 Å². The molecular formula is C46H50F2N8O6. The second-order valence-corrected chi connectivity index (χ2v) is 15.6. The van der Waals surface area contributed by atoms with Crippen molar-refractivity contribution in [2.24, 2.45) is 0 Å². The number of imide groups is 1. The largest absolute Gasteiger partial charge is 0.428 e. The zero-order chi connectivity index (χ0) is 43.4. The number of nitrogens with zero attached hydrogens (tertiary/aromatic N) is 3. The third-order valence-corrected chi connectivity index (χ3v) is 11.2. The lowest BCUT2D eigenvalue weighted by Gasteiger charge is -2.36. The Labute approximate surface area is 357 Å². The van der Waals surface area contributed by atoms with Gasteiger partial charge in [0.2, 0.25) is 17.7 Å². The summed E-state index contributed by atoms with van der Waals surface area (Å²) in [5, 5.41) is 19.5. The number of piperidine rings is 1. The predicted octanol–water partition coefficient (Wildman–Crippen LogP) is 6.22. The van der Waals surface area contributed by atoms with Crippen LogP contribution in [0.5, 0.6) is 5.75 Å². The molecular weight excluding hydrogens is 799 g/mol. The summed E-state index contributed by atoms with van der Waals surface area (Å²) >= 11 is 0. The second-order valence-electron chi connectivity index (χ2n) is 15.6. The average molecular weight is 849 g/mol. The molecule has 324 valence electrons. The van der Waals surface area contributed by atoms with E-state index in [0.717, 1.165) is 68.2 Å². The molecule has 7 rings (SSSR count). The van der Waals surface area contributed by atoms with Crippen LogP contribution in [0.25, 0.3) is 10.9 Å². The first-order chi connectivity index (χ1) is 30.1. The molecule has 2 saturated heterocycles. The quantitative estimate of drug-likeness (QED) is 0.0365. The molecule has 0 spiro atoms. The van der Waals surface area contributed by atoms with Crippen LogP contribution in [0.4, 0.5) is 26.0 Å². The first-order valence-corrected chi connectivity index (χ1v) is 21.0. The van der Waals surface area contributed by atoms with E-state index in [1.54, 1.807) is 30.3 Å². The number of nitrogens with one attached hydrogen (secondary N) is 5. The highest BCUT2D eigenvalue weighted by Gasteiger charge is 2.27. The van der Waals surface area contributed by atoms with Crippen molar-refractivity contribution in [1.29, 1.82) is 0 Å². The Bertz CT molecular complexity index is 2380. The number of H-pyrrole nitrogens is 1. The van der Waals surface area contributed by atoms with Gasteiger partial charge in [-0.2, -0.15) is 5.10 Å². The minimum Gasteiger partial charge on any atom is -0.428 e. The summed E-state index contributed by atoms with van der Waals surface area (Å²) in [6.07, 6.45) is 6.28. The highest BCUT2D eigenvalue weighted by molar-refractivity contribution is 6.09. The molecule has 5 N–H and O–H groups in total. The number of amides is 4. The Morgan fingerprint density at radius 3 is 2.39 bits per heavy atom. The summed E-state index contributed by atoms with van der Waals surface area (Å²) in [5.41, 5.74) is 4.56. The fraction of sp³-hybridized carbons (Fsp3) is 0.348. The van der Waals surface area contributed by atoms with Crippen LogP contribution >= 0.6 is 0 Å². The maximum Gasteiger partial charge on any atom is 0.298 e. The van der Waals surface area contributed by atoms with Crippen LogP contribution in [-0.4, -0.2) is 84.0 Å². The normalized spacial score (nSPS) is 15.4. The molecule has 4 aromatic carbocycles. The van der Waals surface area contributed by atoms with Gasteiger partial charge >= 0.3 is 0 Å². The third-order valence-electron chi connectivity index (χ3n) is 11.2. The van der Waals surface area contributed by atoms with Crippen LogP contribution in [-0.2, 0) is 32.1 Å². The summed E-state index contributed by atoms with van der Waals surface area (Å²) in [6, 6.07) is 21.3. The van der Waals surface area contributed by atoms with E-state index < -0.39 is 23.6 Å². The van der Waals surface area contributed by atoms with E-state index in [2.05, 4.69) is 36.4 Å². The van der Waals surface area contributed by atoms with Gasteiger partial charge in [0.25, 0.3) is 12.4 Å². The van der Waals surface area contributed by atoms with Crippen molar-refractivity contribution in [2.45, 2.75) is 70.4 Å². The SMILES string of the molecule is O=COc1c(CNCCCCCCCC(=O)N2CCN(c3ccc(NC4CCC(=O)NC4=O)cc3)CC2)cccc1C(=O)Nc1n[nH]c2ccc(Cc3cc(F)cc(F)c3)cc12. The van der Waals surface area contributed by atoms with E-state index >= 15 is 0 Å². The van der Waals surface area contributed by atoms with Crippen LogP contribution in [0.1, 0.15) is 78.4 Å². The lowest BCUT2D eigenvalue weighted by Crippen LogP contribution is -2.48. The minimum atomic E-state index is -0.658. The molecule has 62 heavy (non-hydrogen) atoms. The van der Waals surface area contributed by atoms with Crippen molar-refractivity contribution >= 4 is 58.2 Å². The molecule has 1 aromatic heterocycles. The minimum absolute atomic E-state index is 0.141. The van der Waals surface area contributed by atoms with Gasteiger partial charge in [-0.15, -0.1) is 0 Å². The zero-order valence-electron chi connectivity index (χ0n) is 34.3. The van der Waals surface area contributed by atoms with Crippen LogP contribution in [0, 0.1) is 11.6 Å². The number of hydrogen-bond donors (Lipinski definition) is 5. The number of carbonyl (C=O) groups is 5. The Balaban J connectivity index is 0.794. The number of para-hydroxylation sites is 1. The Morgan fingerprint density at radius 1 is 0.871 bits per heavy atom. The molecule has 14 nitrogen and oxygen atoms in total. The van der Waals surface area contributed by atoms with Crippen molar-refractivity contribution in [3.05, 3.63) is 113 Å². The predicted molar refractivity (Wildman–Crippen MR) is 231 cm³/mol. The summed E-state index contributed by atoms with van der Waals surface area (Å²) in [7, 11) is 0. The van der Waals surface area contributed by atoms with E-state index in [9.17, 15) is 32.8 Å². The summed E-state index contributed by atoms with van der Waals surface area (Å²) < 4.78 is 32.9. The molecule has 16 heteroatoms. The summed E-state index contributed by atoms with van der Waals surface area (Å²) in [5.74, 6) is -1.80. The van der Waals surface area contributed by atoms with Gasteiger partial charge in [-0.25, -0.2) is 8.78 Å². The molecule has 0 saturated carbocycles. The molecule has 0 radical (unpaired) electrons. The van der Waals surface area contributed by atoms with Gasteiger partial charge in [0.05, 0.1) is 11.1 Å². The van der Waals surface area contributed by atoms with Gasteiger partial charge < -0.3 is 30.5 Å². The lowest BCUT2D eigenvalue weighted by atomic mass is 10.0. The topological polar surface area (TPSA) is 178 Å². The highest BCUT2D eigenvalue weighted by Crippen LogP contribution is 2.28. The number of unbranched alkanes of at least 4 members (excludes halogenated alkanes) is 4. The van der Waals surface area contributed by atoms with E-state index in [4.69, 9.17) is 4.74 Å². The van der Waals surface area contributed by atoms with Crippen LogP contribution < -0.4 is 30.9 Å². The van der Waals surface area contributed by atoms with Gasteiger partial charge in [-0.05, 0) is 98.0 Å². The summed E-state index contributed by atoms with van der Waals surface area (Å²) in [4.78, 5) is 65.7. The molecule has 2 aliphatic heterocycles. The summed E-state index contributed by atoms with van der Waals surface area (Å²) in [6.45, 7) is 4.20. The van der Waals surface area contributed by atoms with E-state index in [1.165, 1.54) is 12.1 Å². The molecule has 0 bridgehead atoms. The molecule has 0 aliphatic carbocycles. The first kappa shape index (κ1) is 43.4. The highest BCUT2D eigenvalue weighted by atomic mass is 19.1. The first-order valence-electron chi connectivity index (χ1n) is 21.0. The number of ether oxygens (including phenoxy) is 1. The molecule has 2 fully saturated rings. The number of fused-ring (bicyclic) bond motifs is 1. The number of rotatable bonds is 19. The molecule has 4 amide bonds. The molecule has 1 atom stereocenters. The fourth-order valence-electron chi connectivity index (χ4n) is 7.93. The number of benzene rings is 4. The van der Waals surface area contributed by atoms with Crippen LogP contribution in [0.15, 0.2) is 78.9 Å². The molecule has 2 aliphatic rings. The third kappa shape index (κ3) is 11.4. The van der Waals surface area contributed by atoms with Gasteiger partial charge in [0.1, 0.15) is 23.4 Å². The number of aromatic nitrogens is 2. The number of halogens is 2. The Morgan fingerprint density at radius 2 is 1.63 bits per heavy atom. The maximum absolute atomic E-state index is 13.8. The molecule has 5 aromatic rings. The van der Waals surface area contributed by atoms with Crippen molar-refractivity contribution in [3.63, 3.8) is 0 Å². The monoisotopic (exact) mass is 848 g/mol. The molecule has 1 unspecified atom stereocenters. The molecule has 3 heterocycles. The van der Waals surface area contributed by atoms with Gasteiger partial charge in [0.15, 0.2) is 5.82 Å². The maximum atomic E-state index is 13.8. The second kappa shape index (κ2) is 20.7. The van der Waals surface area contributed by atoms with Gasteiger partial charge in [0, 0.05) is 74.0 Å². The van der Waals surface area contributed by atoms with Crippen molar-refractivity contribution in [3.8, 4) is 5.75 Å². The standard InChI is InChI=1S/C46H50F2N8O6/c47-33-24-31(25-34(48)27-33)23-30-10-15-39-38(26-30)44(54-53-39)52-45(60)37-8-6-7-32(43(37)62-29-57)28-49-18-5-3-1-2-4-9-42(59)56-21-19-55(20-22-56)36-13-11-35(12-14-36)50-40-16-17-41(58)51-46(40)61/h6-8,10-15,24-27,29,40,49-50H,1-5,9,16-23,28H2,(H,51,58,61)(H2,52,53,54,60). The van der Waals surface area contributed by atoms with Crippen LogP contribution in [0.2, 0.25) is 0 Å².